The molecule has 0 aromatic carbocycles. The minimum Gasteiger partial charge on any atom is -0.368 e. The zero-order chi connectivity index (χ0) is 12.1. The van der Waals surface area contributed by atoms with E-state index in [1.807, 2.05) is 6.92 Å². The van der Waals surface area contributed by atoms with Gasteiger partial charge in [-0.15, -0.1) is 0 Å². The van der Waals surface area contributed by atoms with E-state index in [1.165, 1.54) is 12.8 Å². The Kier molecular flexibility index (Phi) is 5.22. The number of nitrogens with zero attached hydrogens (tertiary/aromatic N) is 1. The number of rotatable bonds is 5. The van der Waals surface area contributed by atoms with Crippen LogP contribution in [-0.2, 0) is 4.79 Å². The Bertz CT molecular complexity index is 232. The third kappa shape index (κ3) is 3.46. The maximum absolute atomic E-state index is 11.3. The molecule has 4 heteroatoms. The zero-order valence-electron chi connectivity index (χ0n) is 10.7. The molecule has 0 bridgehead atoms. The maximum Gasteiger partial charge on any atom is 0.235 e. The summed E-state index contributed by atoms with van der Waals surface area (Å²) in [6.07, 6.45) is 2.52. The van der Waals surface area contributed by atoms with Crippen molar-refractivity contribution in [2.75, 3.05) is 19.6 Å². The number of nitrogens with one attached hydrogen (secondary N) is 1. The number of likely N-dealkylation sites (tertiary alicyclic amines) is 1. The largest absolute Gasteiger partial charge is 0.368 e. The van der Waals surface area contributed by atoms with Crippen LogP contribution in [0.1, 0.15) is 33.6 Å². The molecule has 4 nitrogen and oxygen atoms in total. The van der Waals surface area contributed by atoms with E-state index >= 15 is 0 Å². The van der Waals surface area contributed by atoms with E-state index in [2.05, 4.69) is 24.1 Å². The first-order valence-corrected chi connectivity index (χ1v) is 6.33. The number of likely N-dealkylation sites (N-methyl/N-ethyl adjacent to an activating group) is 1. The molecule has 3 unspecified atom stereocenters. The van der Waals surface area contributed by atoms with Gasteiger partial charge in [0.2, 0.25) is 5.91 Å². The van der Waals surface area contributed by atoms with Crippen molar-refractivity contribution in [2.45, 2.75) is 45.7 Å². The number of hydrogen-bond donors (Lipinski definition) is 2. The molecular weight excluding hydrogens is 202 g/mol. The zero-order valence-corrected chi connectivity index (χ0v) is 10.7. The average Bonchev–Trinajstić information content (AvgIpc) is 2.23. The molecule has 0 aliphatic carbocycles. The summed E-state index contributed by atoms with van der Waals surface area (Å²) in [6.45, 7) is 9.14. The van der Waals surface area contributed by atoms with Crippen LogP contribution in [0.2, 0.25) is 0 Å². The van der Waals surface area contributed by atoms with Crippen LogP contribution in [-0.4, -0.2) is 42.5 Å². The molecule has 1 aliphatic heterocycles. The molecule has 0 saturated carbocycles. The van der Waals surface area contributed by atoms with Gasteiger partial charge >= 0.3 is 0 Å². The number of amides is 1. The fourth-order valence-corrected chi connectivity index (χ4v) is 2.41. The first kappa shape index (κ1) is 13.5. The van der Waals surface area contributed by atoms with Crippen LogP contribution in [0.3, 0.4) is 0 Å². The number of carbonyl (C=O) groups is 1. The SMILES string of the molecule is CCNC(CN1CCCC(C)C1C)C(N)=O. The molecule has 0 spiro atoms. The lowest BCUT2D eigenvalue weighted by Gasteiger charge is -2.39. The molecule has 0 aromatic heterocycles. The Morgan fingerprint density at radius 2 is 2.25 bits per heavy atom. The van der Waals surface area contributed by atoms with Crippen LogP contribution >= 0.6 is 0 Å². The van der Waals surface area contributed by atoms with Gasteiger partial charge in [0.05, 0.1) is 6.04 Å². The normalized spacial score (nSPS) is 28.9. The van der Waals surface area contributed by atoms with Crippen LogP contribution in [0.25, 0.3) is 0 Å². The lowest BCUT2D eigenvalue weighted by Crippen LogP contribution is -2.53. The van der Waals surface area contributed by atoms with Gasteiger partial charge in [0.1, 0.15) is 0 Å². The summed E-state index contributed by atoms with van der Waals surface area (Å²) in [5.74, 6) is 0.469. The van der Waals surface area contributed by atoms with Crippen molar-refractivity contribution in [3.63, 3.8) is 0 Å². The number of piperidine rings is 1. The summed E-state index contributed by atoms with van der Waals surface area (Å²) < 4.78 is 0. The molecule has 1 aliphatic rings. The van der Waals surface area contributed by atoms with E-state index in [0.29, 0.717) is 12.0 Å². The fourth-order valence-electron chi connectivity index (χ4n) is 2.41. The molecule has 16 heavy (non-hydrogen) atoms. The van der Waals surface area contributed by atoms with Gasteiger partial charge in [-0.2, -0.15) is 0 Å². The molecule has 1 saturated heterocycles. The second-order valence-electron chi connectivity index (χ2n) is 4.87. The Balaban J connectivity index is 2.52. The maximum atomic E-state index is 11.3. The highest BCUT2D eigenvalue weighted by Gasteiger charge is 2.27. The van der Waals surface area contributed by atoms with Gasteiger partial charge in [-0.05, 0) is 38.8 Å². The summed E-state index contributed by atoms with van der Waals surface area (Å²) in [6, 6.07) is 0.340. The molecule has 1 fully saturated rings. The molecule has 1 rings (SSSR count). The van der Waals surface area contributed by atoms with Crippen molar-refractivity contribution in [2.24, 2.45) is 11.7 Å². The Morgan fingerprint density at radius 3 is 2.81 bits per heavy atom. The molecule has 3 N–H and O–H groups in total. The fraction of sp³-hybridized carbons (Fsp3) is 0.917. The summed E-state index contributed by atoms with van der Waals surface area (Å²) in [5, 5.41) is 3.15. The predicted octanol–water partition coefficient (Wildman–Crippen LogP) is 0.570. The van der Waals surface area contributed by atoms with Gasteiger partial charge < -0.3 is 11.1 Å². The first-order valence-electron chi connectivity index (χ1n) is 6.33. The van der Waals surface area contributed by atoms with Crippen molar-refractivity contribution >= 4 is 5.91 Å². The second-order valence-corrected chi connectivity index (χ2v) is 4.87. The molecule has 1 amide bonds. The van der Waals surface area contributed by atoms with E-state index in [1.54, 1.807) is 0 Å². The minimum absolute atomic E-state index is 0.210. The smallest absolute Gasteiger partial charge is 0.235 e. The Hall–Kier alpha value is -0.610. The Morgan fingerprint density at radius 1 is 1.56 bits per heavy atom. The predicted molar refractivity (Wildman–Crippen MR) is 66.1 cm³/mol. The third-order valence-electron chi connectivity index (χ3n) is 3.72. The lowest BCUT2D eigenvalue weighted by atomic mass is 9.91. The lowest BCUT2D eigenvalue weighted by molar-refractivity contribution is -0.120. The van der Waals surface area contributed by atoms with Crippen LogP contribution in [0.5, 0.6) is 0 Å². The van der Waals surface area contributed by atoms with Crippen molar-refractivity contribution in [3.8, 4) is 0 Å². The van der Waals surface area contributed by atoms with Crippen LogP contribution in [0.4, 0.5) is 0 Å². The third-order valence-corrected chi connectivity index (χ3v) is 3.72. The second kappa shape index (κ2) is 6.21. The van der Waals surface area contributed by atoms with Gasteiger partial charge in [-0.3, -0.25) is 9.69 Å². The molecule has 94 valence electrons. The summed E-state index contributed by atoms with van der Waals surface area (Å²) in [4.78, 5) is 13.7. The molecule has 0 radical (unpaired) electrons. The van der Waals surface area contributed by atoms with E-state index in [9.17, 15) is 4.79 Å². The topological polar surface area (TPSA) is 58.4 Å². The summed E-state index contributed by atoms with van der Waals surface area (Å²) in [7, 11) is 0. The summed E-state index contributed by atoms with van der Waals surface area (Å²) >= 11 is 0. The highest BCUT2D eigenvalue weighted by Crippen LogP contribution is 2.22. The van der Waals surface area contributed by atoms with E-state index in [0.717, 1.165) is 19.6 Å². The Labute approximate surface area is 98.6 Å². The van der Waals surface area contributed by atoms with Crippen LogP contribution < -0.4 is 11.1 Å². The van der Waals surface area contributed by atoms with Gasteiger partial charge in [0.15, 0.2) is 0 Å². The van der Waals surface area contributed by atoms with Gasteiger partial charge in [-0.1, -0.05) is 13.8 Å². The van der Waals surface area contributed by atoms with Gasteiger partial charge in [0.25, 0.3) is 0 Å². The standard InChI is InChI=1S/C12H25N3O/c1-4-14-11(12(13)16)8-15-7-5-6-9(2)10(15)3/h9-11,14H,4-8H2,1-3H3,(H2,13,16). The van der Waals surface area contributed by atoms with E-state index < -0.39 is 0 Å². The first-order chi connectivity index (χ1) is 7.56. The van der Waals surface area contributed by atoms with Crippen molar-refractivity contribution in [1.29, 1.82) is 0 Å². The van der Waals surface area contributed by atoms with E-state index in [4.69, 9.17) is 5.73 Å². The van der Waals surface area contributed by atoms with E-state index in [-0.39, 0.29) is 11.9 Å². The van der Waals surface area contributed by atoms with Crippen LogP contribution in [0, 0.1) is 5.92 Å². The highest BCUT2D eigenvalue weighted by molar-refractivity contribution is 5.80. The molecular formula is C12H25N3O. The number of primary amides is 1. The molecule has 0 aromatic rings. The highest BCUT2D eigenvalue weighted by atomic mass is 16.1. The van der Waals surface area contributed by atoms with Crippen molar-refractivity contribution in [1.82, 2.24) is 10.2 Å². The van der Waals surface area contributed by atoms with Crippen LogP contribution in [0.15, 0.2) is 0 Å². The van der Waals surface area contributed by atoms with Crippen molar-refractivity contribution < 1.29 is 4.79 Å². The monoisotopic (exact) mass is 227 g/mol. The molecule has 3 atom stereocenters. The average molecular weight is 227 g/mol. The number of nitrogens with two attached hydrogens (primary N) is 1. The van der Waals surface area contributed by atoms with Gasteiger partial charge in [-0.25, -0.2) is 0 Å². The van der Waals surface area contributed by atoms with Crippen molar-refractivity contribution in [3.05, 3.63) is 0 Å². The number of carbonyl (C=O) groups excluding carboxylic acids is 1. The quantitative estimate of drug-likeness (QED) is 0.722. The van der Waals surface area contributed by atoms with Gasteiger partial charge in [0, 0.05) is 12.6 Å². The number of hydrogen-bond acceptors (Lipinski definition) is 3. The molecule has 1 heterocycles. The summed E-state index contributed by atoms with van der Waals surface area (Å²) in [5.41, 5.74) is 5.39. The minimum atomic E-state index is -0.243.